The van der Waals surface area contributed by atoms with Gasteiger partial charge in [0, 0.05) is 24.8 Å². The molecule has 1 aromatic heterocycles. The highest BCUT2D eigenvalue weighted by Gasteiger charge is 2.28. The van der Waals surface area contributed by atoms with E-state index in [4.69, 9.17) is 5.73 Å². The minimum absolute atomic E-state index is 0.242. The smallest absolute Gasteiger partial charge is 0.0538 e. The molecule has 0 saturated carbocycles. The van der Waals surface area contributed by atoms with Crippen LogP contribution in [0.3, 0.4) is 0 Å². The van der Waals surface area contributed by atoms with E-state index in [0.29, 0.717) is 6.04 Å². The van der Waals surface area contributed by atoms with Gasteiger partial charge in [0.05, 0.1) is 12.2 Å². The van der Waals surface area contributed by atoms with Crippen molar-refractivity contribution < 1.29 is 0 Å². The molecule has 0 spiro atoms. The first-order chi connectivity index (χ1) is 7.72. The third-order valence-corrected chi connectivity index (χ3v) is 3.50. The summed E-state index contributed by atoms with van der Waals surface area (Å²) in [5.74, 6) is 0. The molecule has 16 heavy (non-hydrogen) atoms. The molecule has 0 bridgehead atoms. The largest absolute Gasteiger partial charge is 0.326 e. The summed E-state index contributed by atoms with van der Waals surface area (Å²) in [6.07, 6.45) is 7.68. The van der Waals surface area contributed by atoms with Crippen LogP contribution in [0.5, 0.6) is 0 Å². The Balaban J connectivity index is 2.25. The number of likely N-dealkylation sites (tertiary alicyclic amines) is 1. The van der Waals surface area contributed by atoms with Crippen LogP contribution in [0.15, 0.2) is 12.4 Å². The molecule has 1 saturated heterocycles. The van der Waals surface area contributed by atoms with Crippen molar-refractivity contribution in [1.82, 2.24) is 14.7 Å². The van der Waals surface area contributed by atoms with E-state index in [0.717, 1.165) is 19.5 Å². The van der Waals surface area contributed by atoms with Crippen molar-refractivity contribution in [2.24, 2.45) is 12.8 Å². The van der Waals surface area contributed by atoms with Crippen molar-refractivity contribution in [3.05, 3.63) is 18.0 Å². The molecule has 1 aliphatic heterocycles. The summed E-state index contributed by atoms with van der Waals surface area (Å²) in [6, 6.07) is 0.591. The molecular weight excluding hydrogens is 200 g/mol. The van der Waals surface area contributed by atoms with Crippen LogP contribution in [0.25, 0.3) is 0 Å². The molecule has 1 fully saturated rings. The van der Waals surface area contributed by atoms with Gasteiger partial charge in [-0.25, -0.2) is 0 Å². The van der Waals surface area contributed by atoms with Crippen LogP contribution in [-0.2, 0) is 7.05 Å². The second kappa shape index (κ2) is 4.97. The van der Waals surface area contributed by atoms with Gasteiger partial charge in [0.15, 0.2) is 0 Å². The standard InChI is InChI=1S/C12H22N4/c1-3-16-7-5-4-6-11(13)12(16)10-8-14-15(2)9-10/h8-9,11-12H,3-7,13H2,1-2H3. The minimum Gasteiger partial charge on any atom is -0.326 e. The molecule has 2 rings (SSSR count). The lowest BCUT2D eigenvalue weighted by Crippen LogP contribution is -2.39. The fourth-order valence-electron chi connectivity index (χ4n) is 2.67. The number of hydrogen-bond donors (Lipinski definition) is 1. The maximum absolute atomic E-state index is 6.31. The maximum Gasteiger partial charge on any atom is 0.0538 e. The van der Waals surface area contributed by atoms with Crippen molar-refractivity contribution in [2.75, 3.05) is 13.1 Å². The summed E-state index contributed by atoms with van der Waals surface area (Å²) in [4.78, 5) is 2.48. The molecule has 0 aliphatic carbocycles. The highest BCUT2D eigenvalue weighted by atomic mass is 15.3. The van der Waals surface area contributed by atoms with Crippen LogP contribution in [0, 0.1) is 0 Å². The third-order valence-electron chi connectivity index (χ3n) is 3.50. The maximum atomic E-state index is 6.31. The van der Waals surface area contributed by atoms with Gasteiger partial charge in [-0.1, -0.05) is 13.3 Å². The van der Waals surface area contributed by atoms with Gasteiger partial charge in [-0.15, -0.1) is 0 Å². The molecule has 2 heterocycles. The van der Waals surface area contributed by atoms with E-state index >= 15 is 0 Å². The number of aryl methyl sites for hydroxylation is 1. The summed E-state index contributed by atoms with van der Waals surface area (Å²) in [7, 11) is 1.96. The Morgan fingerprint density at radius 2 is 2.31 bits per heavy atom. The molecule has 1 aromatic rings. The van der Waals surface area contributed by atoms with E-state index < -0.39 is 0 Å². The van der Waals surface area contributed by atoms with Crippen molar-refractivity contribution in [2.45, 2.75) is 38.3 Å². The Kier molecular flexibility index (Phi) is 3.61. The van der Waals surface area contributed by atoms with Crippen molar-refractivity contribution in [3.8, 4) is 0 Å². The summed E-state index contributed by atoms with van der Waals surface area (Å²) >= 11 is 0. The highest BCUT2D eigenvalue weighted by molar-refractivity contribution is 5.14. The second-order valence-corrected chi connectivity index (χ2v) is 4.68. The Morgan fingerprint density at radius 3 is 2.94 bits per heavy atom. The van der Waals surface area contributed by atoms with Gasteiger partial charge in [-0.05, 0) is 25.9 Å². The van der Waals surface area contributed by atoms with E-state index in [1.54, 1.807) is 0 Å². The van der Waals surface area contributed by atoms with Gasteiger partial charge in [-0.3, -0.25) is 9.58 Å². The number of likely N-dealkylation sites (N-methyl/N-ethyl adjacent to an activating group) is 1. The Morgan fingerprint density at radius 1 is 1.50 bits per heavy atom. The van der Waals surface area contributed by atoms with Gasteiger partial charge >= 0.3 is 0 Å². The van der Waals surface area contributed by atoms with Gasteiger partial charge in [-0.2, -0.15) is 5.10 Å². The molecule has 2 N–H and O–H groups in total. The lowest BCUT2D eigenvalue weighted by molar-refractivity contribution is 0.195. The first-order valence-corrected chi connectivity index (χ1v) is 6.20. The quantitative estimate of drug-likeness (QED) is 0.820. The number of aromatic nitrogens is 2. The molecule has 0 amide bonds. The van der Waals surface area contributed by atoms with Gasteiger partial charge in [0.2, 0.25) is 0 Å². The fraction of sp³-hybridized carbons (Fsp3) is 0.750. The Hall–Kier alpha value is -0.870. The van der Waals surface area contributed by atoms with Gasteiger partial charge in [0.25, 0.3) is 0 Å². The normalized spacial score (nSPS) is 27.9. The first kappa shape index (κ1) is 11.6. The lowest BCUT2D eigenvalue weighted by Gasteiger charge is -2.31. The predicted octanol–water partition coefficient (Wildman–Crippen LogP) is 1.29. The predicted molar refractivity (Wildman–Crippen MR) is 65.0 cm³/mol. The molecule has 4 heteroatoms. The number of hydrogen-bond acceptors (Lipinski definition) is 3. The number of nitrogens with zero attached hydrogens (tertiary/aromatic N) is 3. The van der Waals surface area contributed by atoms with Gasteiger partial charge < -0.3 is 5.73 Å². The zero-order chi connectivity index (χ0) is 11.5. The van der Waals surface area contributed by atoms with Crippen LogP contribution in [0.1, 0.15) is 37.8 Å². The molecule has 1 aliphatic rings. The molecule has 4 nitrogen and oxygen atoms in total. The van der Waals surface area contributed by atoms with Crippen molar-refractivity contribution in [3.63, 3.8) is 0 Å². The first-order valence-electron chi connectivity index (χ1n) is 6.20. The second-order valence-electron chi connectivity index (χ2n) is 4.68. The summed E-state index contributed by atoms with van der Waals surface area (Å²) < 4.78 is 1.86. The van der Waals surface area contributed by atoms with Crippen LogP contribution < -0.4 is 5.73 Å². The van der Waals surface area contributed by atoms with E-state index in [9.17, 15) is 0 Å². The van der Waals surface area contributed by atoms with Crippen LogP contribution >= 0.6 is 0 Å². The molecule has 90 valence electrons. The average Bonchev–Trinajstić information content (AvgIpc) is 2.59. The minimum atomic E-state index is 0.242. The summed E-state index contributed by atoms with van der Waals surface area (Å²) in [5.41, 5.74) is 7.57. The monoisotopic (exact) mass is 222 g/mol. The topological polar surface area (TPSA) is 47.1 Å². The highest BCUT2D eigenvalue weighted by Crippen LogP contribution is 2.28. The zero-order valence-electron chi connectivity index (χ0n) is 10.3. The number of rotatable bonds is 2. The van der Waals surface area contributed by atoms with E-state index in [1.165, 1.54) is 18.4 Å². The zero-order valence-corrected chi connectivity index (χ0v) is 10.3. The SMILES string of the molecule is CCN1CCCCC(N)C1c1cnn(C)c1. The Labute approximate surface area is 97.4 Å². The average molecular weight is 222 g/mol. The van der Waals surface area contributed by atoms with Crippen LogP contribution in [0.2, 0.25) is 0 Å². The fourth-order valence-corrected chi connectivity index (χ4v) is 2.67. The number of nitrogens with two attached hydrogens (primary N) is 1. The summed E-state index contributed by atoms with van der Waals surface area (Å²) in [6.45, 7) is 4.43. The molecule has 2 atom stereocenters. The van der Waals surface area contributed by atoms with E-state index in [-0.39, 0.29) is 6.04 Å². The lowest BCUT2D eigenvalue weighted by atomic mass is 9.99. The molecular formula is C12H22N4. The Bertz CT molecular complexity index is 334. The van der Waals surface area contributed by atoms with E-state index in [2.05, 4.69) is 23.1 Å². The molecule has 0 aromatic carbocycles. The van der Waals surface area contributed by atoms with E-state index in [1.807, 2.05) is 17.9 Å². The summed E-state index contributed by atoms with van der Waals surface area (Å²) in [5, 5.41) is 4.26. The third kappa shape index (κ3) is 2.28. The van der Waals surface area contributed by atoms with Crippen LogP contribution in [-0.4, -0.2) is 33.8 Å². The van der Waals surface area contributed by atoms with Crippen molar-refractivity contribution in [1.29, 1.82) is 0 Å². The van der Waals surface area contributed by atoms with Crippen molar-refractivity contribution >= 4 is 0 Å². The molecule has 0 radical (unpaired) electrons. The van der Waals surface area contributed by atoms with Gasteiger partial charge in [0.1, 0.15) is 0 Å². The molecule has 2 unspecified atom stereocenters. The van der Waals surface area contributed by atoms with Crippen LogP contribution in [0.4, 0.5) is 0 Å².